The van der Waals surface area contributed by atoms with Gasteiger partial charge < -0.3 is 15.2 Å². The van der Waals surface area contributed by atoms with Gasteiger partial charge in [-0.05, 0) is 43.0 Å². The molecule has 9 heteroatoms. The molecule has 1 aromatic heterocycles. The van der Waals surface area contributed by atoms with E-state index in [1.807, 2.05) is 35.2 Å². The fourth-order valence-corrected chi connectivity index (χ4v) is 5.87. The first kappa shape index (κ1) is 21.6. The third-order valence-electron chi connectivity index (χ3n) is 6.37. The maximum Gasteiger partial charge on any atom is 0.285 e. The number of aromatic nitrogens is 2. The van der Waals surface area contributed by atoms with E-state index in [0.717, 1.165) is 29.7 Å². The fraction of sp³-hybridized carbons (Fsp3) is 0.375. The highest BCUT2D eigenvalue weighted by molar-refractivity contribution is 7.90. The number of carbonyl (C=O) groups excluding carboxylic acids is 1. The molecule has 0 radical (unpaired) electrons. The largest absolute Gasteiger partial charge is 0.355 e. The number of nitrogens with one attached hydrogen (secondary N) is 2. The van der Waals surface area contributed by atoms with Crippen LogP contribution in [0.1, 0.15) is 44.1 Å². The fourth-order valence-electron chi connectivity index (χ4n) is 4.64. The molecule has 1 saturated heterocycles. The first-order valence-electron chi connectivity index (χ1n) is 11.3. The maximum atomic E-state index is 13.3. The van der Waals surface area contributed by atoms with Crippen LogP contribution in [0.25, 0.3) is 11.0 Å². The van der Waals surface area contributed by atoms with Crippen molar-refractivity contribution in [2.75, 3.05) is 13.1 Å². The minimum absolute atomic E-state index is 0.0476. The lowest BCUT2D eigenvalue weighted by Gasteiger charge is -2.34. The smallest absolute Gasteiger partial charge is 0.285 e. The van der Waals surface area contributed by atoms with Gasteiger partial charge in [0.15, 0.2) is 5.84 Å². The van der Waals surface area contributed by atoms with Crippen molar-refractivity contribution in [2.45, 2.75) is 37.6 Å². The van der Waals surface area contributed by atoms with Gasteiger partial charge in [0.05, 0.1) is 23.0 Å². The molecule has 1 amide bonds. The van der Waals surface area contributed by atoms with Gasteiger partial charge in [0, 0.05) is 18.7 Å². The van der Waals surface area contributed by atoms with Crippen molar-refractivity contribution in [3.8, 4) is 0 Å². The van der Waals surface area contributed by atoms with Crippen molar-refractivity contribution in [3.05, 3.63) is 59.9 Å². The summed E-state index contributed by atoms with van der Waals surface area (Å²) in [5.74, 6) is 1.02. The van der Waals surface area contributed by atoms with E-state index >= 15 is 0 Å². The Morgan fingerprint density at radius 2 is 1.91 bits per heavy atom. The van der Waals surface area contributed by atoms with Gasteiger partial charge in [-0.15, -0.1) is 4.40 Å². The van der Waals surface area contributed by atoms with Gasteiger partial charge in [-0.3, -0.25) is 4.79 Å². The molecular weight excluding hydrogens is 438 g/mol. The van der Waals surface area contributed by atoms with E-state index in [-0.39, 0.29) is 28.7 Å². The summed E-state index contributed by atoms with van der Waals surface area (Å²) in [7, 11) is -3.69. The lowest BCUT2D eigenvalue weighted by Crippen LogP contribution is -2.46. The van der Waals surface area contributed by atoms with Gasteiger partial charge in [-0.1, -0.05) is 38.1 Å². The molecule has 0 aliphatic carbocycles. The van der Waals surface area contributed by atoms with Crippen molar-refractivity contribution in [1.82, 2.24) is 20.2 Å². The molecule has 2 aliphatic rings. The molecule has 3 heterocycles. The van der Waals surface area contributed by atoms with E-state index in [1.165, 1.54) is 0 Å². The van der Waals surface area contributed by atoms with Crippen molar-refractivity contribution >= 4 is 32.8 Å². The number of H-pyrrole nitrogens is 1. The molecule has 2 unspecified atom stereocenters. The molecule has 0 bridgehead atoms. The van der Waals surface area contributed by atoms with Crippen LogP contribution in [0.2, 0.25) is 0 Å². The third kappa shape index (κ3) is 4.01. The third-order valence-corrected chi connectivity index (χ3v) is 7.70. The lowest BCUT2D eigenvalue weighted by molar-refractivity contribution is -0.127. The van der Waals surface area contributed by atoms with E-state index in [4.69, 9.17) is 0 Å². The van der Waals surface area contributed by atoms with Crippen LogP contribution in [0, 0.1) is 11.8 Å². The number of amides is 1. The zero-order valence-corrected chi connectivity index (χ0v) is 19.5. The number of carbonyl (C=O) groups is 1. The number of rotatable bonds is 4. The second kappa shape index (κ2) is 8.30. The van der Waals surface area contributed by atoms with Gasteiger partial charge in [-0.2, -0.15) is 8.42 Å². The minimum atomic E-state index is -3.69. The highest BCUT2D eigenvalue weighted by Crippen LogP contribution is 2.30. The summed E-state index contributed by atoms with van der Waals surface area (Å²) < 4.78 is 29.0. The number of imidazole rings is 1. The standard InChI is InChI=1S/C24H27N5O3S/c1-15(2)21(22-25-18-10-4-5-11-19(18)26-22)27-24(30)16-8-7-13-29(14-16)23-17-9-3-6-12-20(17)33(31,32)28-23/h3-6,9-12,15-16,21H,7-8,13-14H2,1-2H3,(H,25,26)(H,27,30). The van der Waals surface area contributed by atoms with Crippen LogP contribution in [0.5, 0.6) is 0 Å². The van der Waals surface area contributed by atoms with Crippen LogP contribution in [-0.4, -0.2) is 48.1 Å². The molecule has 8 nitrogen and oxygen atoms in total. The van der Waals surface area contributed by atoms with Crippen LogP contribution in [0.3, 0.4) is 0 Å². The van der Waals surface area contributed by atoms with Crippen LogP contribution in [0.15, 0.2) is 57.8 Å². The first-order chi connectivity index (χ1) is 15.8. The summed E-state index contributed by atoms with van der Waals surface area (Å²) in [4.78, 5) is 23.5. The number of hydrogen-bond donors (Lipinski definition) is 2. The number of benzene rings is 2. The number of fused-ring (bicyclic) bond motifs is 2. The van der Waals surface area contributed by atoms with Crippen LogP contribution >= 0.6 is 0 Å². The minimum Gasteiger partial charge on any atom is -0.355 e. The zero-order chi connectivity index (χ0) is 23.2. The molecule has 2 aliphatic heterocycles. The van der Waals surface area contributed by atoms with Crippen LogP contribution in [0.4, 0.5) is 0 Å². The molecule has 33 heavy (non-hydrogen) atoms. The van der Waals surface area contributed by atoms with Crippen molar-refractivity contribution < 1.29 is 13.2 Å². The van der Waals surface area contributed by atoms with E-state index in [1.54, 1.807) is 18.2 Å². The molecule has 2 aromatic carbocycles. The number of para-hydroxylation sites is 2. The zero-order valence-electron chi connectivity index (χ0n) is 18.7. The summed E-state index contributed by atoms with van der Waals surface area (Å²) in [6, 6.07) is 14.4. The number of piperidine rings is 1. The number of likely N-dealkylation sites (tertiary alicyclic amines) is 1. The summed E-state index contributed by atoms with van der Waals surface area (Å²) in [5, 5.41) is 3.19. The molecule has 5 rings (SSSR count). The Hall–Kier alpha value is -3.20. The summed E-state index contributed by atoms with van der Waals surface area (Å²) in [6.45, 7) is 5.21. The lowest BCUT2D eigenvalue weighted by atomic mass is 9.95. The predicted octanol–water partition coefficient (Wildman–Crippen LogP) is 3.24. The summed E-state index contributed by atoms with van der Waals surface area (Å²) in [6.07, 6.45) is 1.53. The molecule has 1 fully saturated rings. The highest BCUT2D eigenvalue weighted by Gasteiger charge is 2.36. The van der Waals surface area contributed by atoms with E-state index in [0.29, 0.717) is 24.5 Å². The van der Waals surface area contributed by atoms with Gasteiger partial charge in [0.25, 0.3) is 10.0 Å². The van der Waals surface area contributed by atoms with E-state index in [2.05, 4.69) is 33.5 Å². The van der Waals surface area contributed by atoms with Crippen molar-refractivity contribution in [1.29, 1.82) is 0 Å². The average Bonchev–Trinajstić information content (AvgIpc) is 3.36. The monoisotopic (exact) mass is 465 g/mol. The van der Waals surface area contributed by atoms with Crippen molar-refractivity contribution in [3.63, 3.8) is 0 Å². The Balaban J connectivity index is 1.35. The Bertz CT molecular complexity index is 1310. The number of sulfonamides is 1. The number of hydrogen-bond acceptors (Lipinski definition) is 5. The van der Waals surface area contributed by atoms with Gasteiger partial charge >= 0.3 is 0 Å². The highest BCUT2D eigenvalue weighted by atomic mass is 32.2. The van der Waals surface area contributed by atoms with E-state index in [9.17, 15) is 13.2 Å². The summed E-state index contributed by atoms with van der Waals surface area (Å²) >= 11 is 0. The SMILES string of the molecule is CC(C)C(NC(=O)C1CCCN(C2=NS(=O)(=O)c3ccccc32)C1)c1nc2ccccc2[nH]1. The number of aromatic amines is 1. The molecule has 0 saturated carbocycles. The molecular formula is C24H27N5O3S. The van der Waals surface area contributed by atoms with E-state index < -0.39 is 10.0 Å². The maximum absolute atomic E-state index is 13.3. The topological polar surface area (TPSA) is 108 Å². The first-order valence-corrected chi connectivity index (χ1v) is 12.7. The Morgan fingerprint density at radius 3 is 2.70 bits per heavy atom. The normalized spacial score (nSPS) is 20.5. The Morgan fingerprint density at radius 1 is 1.15 bits per heavy atom. The average molecular weight is 466 g/mol. The predicted molar refractivity (Wildman–Crippen MR) is 126 cm³/mol. The van der Waals surface area contributed by atoms with Gasteiger partial charge in [0.1, 0.15) is 10.7 Å². The van der Waals surface area contributed by atoms with Crippen LogP contribution in [-0.2, 0) is 14.8 Å². The quantitative estimate of drug-likeness (QED) is 0.615. The van der Waals surface area contributed by atoms with Crippen LogP contribution < -0.4 is 5.32 Å². The molecule has 172 valence electrons. The Labute approximate surface area is 193 Å². The second-order valence-electron chi connectivity index (χ2n) is 9.04. The van der Waals surface area contributed by atoms with Gasteiger partial charge in [0.2, 0.25) is 5.91 Å². The van der Waals surface area contributed by atoms with Crippen molar-refractivity contribution in [2.24, 2.45) is 16.2 Å². The van der Waals surface area contributed by atoms with Gasteiger partial charge in [-0.25, -0.2) is 4.98 Å². The molecule has 0 spiro atoms. The Kier molecular flexibility index (Phi) is 5.44. The molecule has 2 N–H and O–H groups in total. The number of nitrogens with zero attached hydrogens (tertiary/aromatic N) is 3. The second-order valence-corrected chi connectivity index (χ2v) is 10.6. The molecule has 2 atom stereocenters. The number of amidine groups is 1. The molecule has 3 aromatic rings. The summed E-state index contributed by atoms with van der Waals surface area (Å²) in [5.41, 5.74) is 2.42.